The number of hydrogen-bond acceptors (Lipinski definition) is 6. The third-order valence-electron chi connectivity index (χ3n) is 5.86. The fourth-order valence-corrected chi connectivity index (χ4v) is 4.20. The molecule has 3 heterocycles. The zero-order valence-electron chi connectivity index (χ0n) is 18.1. The summed E-state index contributed by atoms with van der Waals surface area (Å²) in [6.07, 6.45) is 2.19. The first-order chi connectivity index (χ1) is 14.7. The van der Waals surface area contributed by atoms with Crippen LogP contribution in [0.5, 0.6) is 11.5 Å². The summed E-state index contributed by atoms with van der Waals surface area (Å²) < 4.78 is 13.1. The highest BCUT2D eigenvalue weighted by Crippen LogP contribution is 2.25. The third kappa shape index (κ3) is 4.35. The summed E-state index contributed by atoms with van der Waals surface area (Å²) in [6.45, 7) is 6.27. The van der Waals surface area contributed by atoms with Gasteiger partial charge >= 0.3 is 0 Å². The van der Waals surface area contributed by atoms with Gasteiger partial charge in [0.25, 0.3) is 0 Å². The Labute approximate surface area is 177 Å². The van der Waals surface area contributed by atoms with Crippen LogP contribution in [0.3, 0.4) is 0 Å². The number of nitrogens with one attached hydrogen (secondary N) is 1. The Morgan fingerprint density at radius 3 is 2.67 bits per heavy atom. The van der Waals surface area contributed by atoms with E-state index in [9.17, 15) is 0 Å². The van der Waals surface area contributed by atoms with Gasteiger partial charge in [0.05, 0.1) is 20.8 Å². The van der Waals surface area contributed by atoms with Crippen LogP contribution in [0, 0.1) is 0 Å². The fraction of sp³-hybridized carbons (Fsp3) is 0.571. The number of fused-ring (bicyclic) bond motifs is 1. The monoisotopic (exact) mass is 413 g/mol. The Kier molecular flexibility index (Phi) is 6.37. The van der Waals surface area contributed by atoms with E-state index in [-0.39, 0.29) is 0 Å². The number of guanidine groups is 1. The lowest BCUT2D eigenvalue weighted by molar-refractivity contribution is 0.171. The molecule has 0 bridgehead atoms. The van der Waals surface area contributed by atoms with Crippen molar-refractivity contribution in [2.45, 2.75) is 32.5 Å². The van der Waals surface area contributed by atoms with E-state index in [1.807, 2.05) is 19.2 Å². The highest BCUT2D eigenvalue weighted by atomic mass is 16.5. The predicted molar refractivity (Wildman–Crippen MR) is 115 cm³/mol. The van der Waals surface area contributed by atoms with E-state index in [2.05, 4.69) is 40.9 Å². The van der Waals surface area contributed by atoms with Gasteiger partial charge in [-0.2, -0.15) is 0 Å². The van der Waals surface area contributed by atoms with Crippen LogP contribution in [-0.2, 0) is 26.1 Å². The van der Waals surface area contributed by atoms with Crippen molar-refractivity contribution >= 4 is 5.96 Å². The van der Waals surface area contributed by atoms with Crippen molar-refractivity contribution < 1.29 is 9.47 Å². The molecule has 9 heteroatoms. The number of rotatable bonds is 6. The van der Waals surface area contributed by atoms with Crippen molar-refractivity contribution in [3.63, 3.8) is 0 Å². The molecule has 0 amide bonds. The molecule has 0 spiro atoms. The van der Waals surface area contributed by atoms with Gasteiger partial charge in [-0.05, 0) is 24.6 Å². The van der Waals surface area contributed by atoms with Crippen LogP contribution in [0.25, 0.3) is 0 Å². The van der Waals surface area contributed by atoms with E-state index in [1.54, 1.807) is 14.2 Å². The molecule has 0 unspecified atom stereocenters. The van der Waals surface area contributed by atoms with Gasteiger partial charge in [-0.3, -0.25) is 9.89 Å². The van der Waals surface area contributed by atoms with Gasteiger partial charge in [0.2, 0.25) is 0 Å². The van der Waals surface area contributed by atoms with Crippen LogP contribution in [0.1, 0.15) is 23.6 Å². The van der Waals surface area contributed by atoms with Crippen LogP contribution in [0.15, 0.2) is 23.2 Å². The summed E-state index contributed by atoms with van der Waals surface area (Å²) in [4.78, 5) is 9.23. The van der Waals surface area contributed by atoms with Gasteiger partial charge < -0.3 is 24.3 Å². The summed E-state index contributed by atoms with van der Waals surface area (Å²) in [6, 6.07) is 5.96. The van der Waals surface area contributed by atoms with Gasteiger partial charge in [0.1, 0.15) is 17.3 Å². The Morgan fingerprint density at radius 1 is 1.10 bits per heavy atom. The number of aryl methyl sites for hydroxylation is 1. The Hall–Kier alpha value is -2.81. The fourth-order valence-electron chi connectivity index (χ4n) is 4.20. The summed E-state index contributed by atoms with van der Waals surface area (Å²) in [5.41, 5.74) is 1.15. The normalized spacial score (nSPS) is 17.2. The number of methoxy groups -OCH3 is 2. The van der Waals surface area contributed by atoms with Crippen molar-refractivity contribution in [3.8, 4) is 11.5 Å². The molecule has 1 fully saturated rings. The molecule has 1 N–H and O–H groups in total. The third-order valence-corrected chi connectivity index (χ3v) is 5.86. The van der Waals surface area contributed by atoms with Crippen molar-refractivity contribution in [1.29, 1.82) is 0 Å². The summed E-state index contributed by atoms with van der Waals surface area (Å²) in [5.74, 6) is 4.77. The molecule has 0 saturated carbocycles. The molecule has 0 radical (unpaired) electrons. The Balaban J connectivity index is 1.31. The zero-order valence-corrected chi connectivity index (χ0v) is 18.1. The number of ether oxygens (including phenoxy) is 2. The molecule has 2 aliphatic heterocycles. The first kappa shape index (κ1) is 20.5. The number of nitrogens with zero attached hydrogens (tertiary/aromatic N) is 6. The second-order valence-corrected chi connectivity index (χ2v) is 7.63. The zero-order chi connectivity index (χ0) is 20.9. The van der Waals surface area contributed by atoms with Crippen LogP contribution >= 0.6 is 0 Å². The maximum Gasteiger partial charge on any atom is 0.194 e. The standard InChI is InChI=1S/C21H31N7O2/c1-22-21(23-14-20-25-24-19-5-4-8-28(19)20)27-11-9-26(10-12-27)15-16-13-17(29-2)6-7-18(16)30-3/h6-7,13H,4-5,8-12,14-15H2,1-3H3,(H,22,23). The summed E-state index contributed by atoms with van der Waals surface area (Å²) in [5, 5.41) is 12.1. The predicted octanol–water partition coefficient (Wildman–Crippen LogP) is 1.13. The molecule has 0 atom stereocenters. The quantitative estimate of drug-likeness (QED) is 0.562. The van der Waals surface area contributed by atoms with Gasteiger partial charge in [-0.1, -0.05) is 0 Å². The first-order valence-corrected chi connectivity index (χ1v) is 10.5. The Morgan fingerprint density at radius 2 is 1.93 bits per heavy atom. The van der Waals surface area contributed by atoms with Gasteiger partial charge in [0.15, 0.2) is 11.8 Å². The van der Waals surface area contributed by atoms with Gasteiger partial charge in [-0.25, -0.2) is 0 Å². The first-order valence-electron chi connectivity index (χ1n) is 10.5. The topological polar surface area (TPSA) is 80.0 Å². The molecular weight excluding hydrogens is 382 g/mol. The number of piperazine rings is 1. The maximum absolute atomic E-state index is 5.53. The minimum atomic E-state index is 0.654. The molecule has 4 rings (SSSR count). The highest BCUT2D eigenvalue weighted by molar-refractivity contribution is 5.79. The lowest BCUT2D eigenvalue weighted by Gasteiger charge is -2.36. The van der Waals surface area contributed by atoms with E-state index in [4.69, 9.17) is 9.47 Å². The van der Waals surface area contributed by atoms with Gasteiger partial charge in [-0.15, -0.1) is 10.2 Å². The lowest BCUT2D eigenvalue weighted by atomic mass is 10.1. The van der Waals surface area contributed by atoms with Crippen LogP contribution in [-0.4, -0.2) is 78.0 Å². The van der Waals surface area contributed by atoms with Crippen molar-refractivity contribution in [2.75, 3.05) is 47.4 Å². The molecule has 1 aromatic heterocycles. The van der Waals surface area contributed by atoms with E-state index in [1.165, 1.54) is 0 Å². The molecule has 1 saturated heterocycles. The number of aromatic nitrogens is 3. The van der Waals surface area contributed by atoms with Crippen LogP contribution in [0.4, 0.5) is 0 Å². The number of aliphatic imine (C=N–C) groups is 1. The average Bonchev–Trinajstić information content (AvgIpc) is 3.40. The lowest BCUT2D eigenvalue weighted by Crippen LogP contribution is -2.52. The number of benzene rings is 1. The van der Waals surface area contributed by atoms with Crippen LogP contribution < -0.4 is 14.8 Å². The molecule has 2 aliphatic rings. The molecule has 9 nitrogen and oxygen atoms in total. The number of hydrogen-bond donors (Lipinski definition) is 1. The van der Waals surface area contributed by atoms with E-state index in [0.29, 0.717) is 6.54 Å². The highest BCUT2D eigenvalue weighted by Gasteiger charge is 2.22. The molecule has 30 heavy (non-hydrogen) atoms. The van der Waals surface area contributed by atoms with Gasteiger partial charge in [0, 0.05) is 58.3 Å². The minimum Gasteiger partial charge on any atom is -0.497 e. The van der Waals surface area contributed by atoms with Crippen molar-refractivity contribution in [1.82, 2.24) is 29.9 Å². The molecule has 2 aromatic rings. The Bertz CT molecular complexity index is 887. The van der Waals surface area contributed by atoms with E-state index >= 15 is 0 Å². The van der Waals surface area contributed by atoms with E-state index < -0.39 is 0 Å². The average molecular weight is 414 g/mol. The molecule has 1 aromatic carbocycles. The maximum atomic E-state index is 5.53. The van der Waals surface area contributed by atoms with Crippen LogP contribution in [0.2, 0.25) is 0 Å². The molecule has 0 aliphatic carbocycles. The van der Waals surface area contributed by atoms with Crippen molar-refractivity contribution in [2.24, 2.45) is 4.99 Å². The summed E-state index contributed by atoms with van der Waals surface area (Å²) >= 11 is 0. The second kappa shape index (κ2) is 9.34. The smallest absolute Gasteiger partial charge is 0.194 e. The van der Waals surface area contributed by atoms with E-state index in [0.717, 1.165) is 86.8 Å². The SMILES string of the molecule is CN=C(NCc1nnc2n1CCC2)N1CCN(Cc2cc(OC)ccc2OC)CC1. The minimum absolute atomic E-state index is 0.654. The molecular formula is C21H31N7O2. The largest absolute Gasteiger partial charge is 0.497 e. The second-order valence-electron chi connectivity index (χ2n) is 7.63. The molecule has 162 valence electrons. The summed E-state index contributed by atoms with van der Waals surface area (Å²) in [7, 11) is 5.24. The van der Waals surface area contributed by atoms with Crippen molar-refractivity contribution in [3.05, 3.63) is 35.4 Å².